The molecule has 0 bridgehead atoms. The third-order valence-corrected chi connectivity index (χ3v) is 6.22. The van der Waals surface area contributed by atoms with Crippen molar-refractivity contribution < 1.29 is 9.53 Å². The average Bonchev–Trinajstić information content (AvgIpc) is 3.21. The molecule has 1 aromatic heterocycles. The largest absolute Gasteiger partial charge is 0.377 e. The monoisotopic (exact) mass is 332 g/mol. The van der Waals surface area contributed by atoms with E-state index in [4.69, 9.17) is 4.74 Å². The van der Waals surface area contributed by atoms with Gasteiger partial charge in [0.05, 0.1) is 18.3 Å². The molecule has 2 amide bonds. The van der Waals surface area contributed by atoms with E-state index in [9.17, 15) is 4.79 Å². The van der Waals surface area contributed by atoms with Gasteiger partial charge in [0, 0.05) is 30.0 Å². The molecule has 1 aromatic rings. The second-order valence-electron chi connectivity index (χ2n) is 8.09. The van der Waals surface area contributed by atoms with Crippen LogP contribution in [0.4, 0.5) is 10.6 Å². The van der Waals surface area contributed by atoms with Crippen LogP contribution in [0.2, 0.25) is 0 Å². The molecule has 2 N–H and O–H groups in total. The number of aromatic nitrogens is 2. The van der Waals surface area contributed by atoms with E-state index in [2.05, 4.69) is 29.6 Å². The van der Waals surface area contributed by atoms with Crippen LogP contribution in [0.15, 0.2) is 12.3 Å². The molecule has 3 aliphatic rings. The zero-order valence-corrected chi connectivity index (χ0v) is 14.6. The Morgan fingerprint density at radius 1 is 1.29 bits per heavy atom. The summed E-state index contributed by atoms with van der Waals surface area (Å²) in [7, 11) is 0. The maximum atomic E-state index is 12.5. The summed E-state index contributed by atoms with van der Waals surface area (Å²) in [4.78, 5) is 12.5. The first kappa shape index (κ1) is 15.9. The van der Waals surface area contributed by atoms with Crippen molar-refractivity contribution >= 4 is 11.8 Å². The summed E-state index contributed by atoms with van der Waals surface area (Å²) in [6.07, 6.45) is 9.20. The number of rotatable bonds is 3. The molecule has 0 spiro atoms. The lowest BCUT2D eigenvalue weighted by Gasteiger charge is -2.54. The van der Waals surface area contributed by atoms with E-state index >= 15 is 0 Å². The predicted molar refractivity (Wildman–Crippen MR) is 91.9 cm³/mol. The van der Waals surface area contributed by atoms with E-state index in [1.807, 2.05) is 10.7 Å². The third-order valence-electron chi connectivity index (χ3n) is 6.22. The molecule has 0 unspecified atom stereocenters. The first-order valence-electron chi connectivity index (χ1n) is 9.30. The van der Waals surface area contributed by atoms with E-state index in [1.54, 1.807) is 6.20 Å². The minimum absolute atomic E-state index is 0.00210. The molecule has 1 aliphatic heterocycles. The van der Waals surface area contributed by atoms with Gasteiger partial charge in [-0.15, -0.1) is 0 Å². The minimum Gasteiger partial charge on any atom is -0.377 e. The summed E-state index contributed by atoms with van der Waals surface area (Å²) in [5.41, 5.74) is 0.00210. The molecule has 4 rings (SSSR count). The number of urea groups is 1. The quantitative estimate of drug-likeness (QED) is 0.892. The molecular formula is C18H28N4O2. The molecule has 6 nitrogen and oxygen atoms in total. The minimum atomic E-state index is -0.129. The number of carbonyl (C=O) groups is 1. The maximum absolute atomic E-state index is 12.5. The summed E-state index contributed by atoms with van der Waals surface area (Å²) in [5, 5.41) is 10.6. The fourth-order valence-corrected chi connectivity index (χ4v) is 4.94. The standard InChI is InChI=1S/C18H28N4O2/c1-18(2)15(13-9-11-24-16(13)18)21-17(23)20-14-8-10-19-22(14)12-6-4-3-5-7-12/h8,10,12-13,15-16H,3-7,9,11H2,1-2H3,(H2,20,21,23)/t13-,15-,16-/m1/s1. The summed E-state index contributed by atoms with van der Waals surface area (Å²) in [6.45, 7) is 5.17. The molecule has 132 valence electrons. The van der Waals surface area contributed by atoms with Crippen LogP contribution in [0, 0.1) is 11.3 Å². The molecule has 2 saturated carbocycles. The van der Waals surface area contributed by atoms with Gasteiger partial charge in [-0.05, 0) is 19.3 Å². The summed E-state index contributed by atoms with van der Waals surface area (Å²) in [6, 6.07) is 2.35. The summed E-state index contributed by atoms with van der Waals surface area (Å²) < 4.78 is 7.79. The second-order valence-corrected chi connectivity index (χ2v) is 8.09. The molecular weight excluding hydrogens is 304 g/mol. The molecule has 0 aromatic carbocycles. The zero-order chi connectivity index (χ0) is 16.7. The van der Waals surface area contributed by atoms with Gasteiger partial charge in [0.25, 0.3) is 0 Å². The number of hydrogen-bond acceptors (Lipinski definition) is 3. The highest BCUT2D eigenvalue weighted by atomic mass is 16.5. The summed E-state index contributed by atoms with van der Waals surface area (Å²) in [5.74, 6) is 1.25. The lowest BCUT2D eigenvalue weighted by molar-refractivity contribution is -0.107. The second kappa shape index (κ2) is 6.06. The van der Waals surface area contributed by atoms with E-state index in [1.165, 1.54) is 19.3 Å². The number of fused-ring (bicyclic) bond motifs is 1. The Kier molecular flexibility index (Phi) is 4.03. The molecule has 3 fully saturated rings. The van der Waals surface area contributed by atoms with E-state index in [-0.39, 0.29) is 23.6 Å². The smallest absolute Gasteiger partial charge is 0.320 e. The molecule has 24 heavy (non-hydrogen) atoms. The van der Waals surface area contributed by atoms with Gasteiger partial charge in [0.2, 0.25) is 0 Å². The van der Waals surface area contributed by atoms with Gasteiger partial charge in [0.15, 0.2) is 0 Å². The first-order chi connectivity index (χ1) is 11.6. The average molecular weight is 332 g/mol. The third kappa shape index (κ3) is 2.61. The lowest BCUT2D eigenvalue weighted by Crippen LogP contribution is -2.67. The number of nitrogens with one attached hydrogen (secondary N) is 2. The van der Waals surface area contributed by atoms with Gasteiger partial charge in [0.1, 0.15) is 5.82 Å². The number of anilines is 1. The highest BCUT2D eigenvalue weighted by Crippen LogP contribution is 2.52. The molecule has 0 radical (unpaired) electrons. The normalized spacial score (nSPS) is 32.0. The number of amides is 2. The van der Waals surface area contributed by atoms with Gasteiger partial charge in [-0.3, -0.25) is 5.32 Å². The van der Waals surface area contributed by atoms with Crippen LogP contribution in [-0.2, 0) is 4.74 Å². The Balaban J connectivity index is 1.39. The van der Waals surface area contributed by atoms with Gasteiger partial charge in [-0.2, -0.15) is 5.10 Å². The van der Waals surface area contributed by atoms with Crippen molar-refractivity contribution in [3.05, 3.63) is 12.3 Å². The fourth-order valence-electron chi connectivity index (χ4n) is 4.94. The Morgan fingerprint density at radius 3 is 2.88 bits per heavy atom. The van der Waals surface area contributed by atoms with Crippen molar-refractivity contribution in [1.82, 2.24) is 15.1 Å². The predicted octanol–water partition coefficient (Wildman–Crippen LogP) is 3.32. The van der Waals surface area contributed by atoms with Gasteiger partial charge < -0.3 is 10.1 Å². The molecule has 2 aliphatic carbocycles. The van der Waals surface area contributed by atoms with Crippen molar-refractivity contribution in [1.29, 1.82) is 0 Å². The van der Waals surface area contributed by atoms with Crippen molar-refractivity contribution in [2.75, 3.05) is 11.9 Å². The molecule has 3 atom stereocenters. The molecule has 2 heterocycles. The van der Waals surface area contributed by atoms with E-state index < -0.39 is 0 Å². The Bertz CT molecular complexity index is 606. The number of nitrogens with zero attached hydrogens (tertiary/aromatic N) is 2. The first-order valence-corrected chi connectivity index (χ1v) is 9.30. The highest BCUT2D eigenvalue weighted by molar-refractivity contribution is 5.88. The van der Waals surface area contributed by atoms with Crippen LogP contribution in [0.1, 0.15) is 58.4 Å². The van der Waals surface area contributed by atoms with Crippen molar-refractivity contribution in [2.45, 2.75) is 70.6 Å². The Hall–Kier alpha value is -1.56. The topological polar surface area (TPSA) is 68.2 Å². The Labute approximate surface area is 143 Å². The van der Waals surface area contributed by atoms with E-state index in [0.29, 0.717) is 12.0 Å². The van der Waals surface area contributed by atoms with Crippen LogP contribution < -0.4 is 10.6 Å². The molecule has 1 saturated heterocycles. The van der Waals surface area contributed by atoms with E-state index in [0.717, 1.165) is 31.7 Å². The number of carbonyl (C=O) groups excluding carboxylic acids is 1. The Morgan fingerprint density at radius 2 is 2.08 bits per heavy atom. The van der Waals surface area contributed by atoms with Crippen molar-refractivity contribution in [2.24, 2.45) is 11.3 Å². The fraction of sp³-hybridized carbons (Fsp3) is 0.778. The number of ether oxygens (including phenoxy) is 1. The van der Waals surface area contributed by atoms with Crippen molar-refractivity contribution in [3.8, 4) is 0 Å². The summed E-state index contributed by atoms with van der Waals surface area (Å²) >= 11 is 0. The van der Waals surface area contributed by atoms with Crippen LogP contribution in [0.25, 0.3) is 0 Å². The van der Waals surface area contributed by atoms with Gasteiger partial charge in [-0.1, -0.05) is 33.1 Å². The van der Waals surface area contributed by atoms with Crippen LogP contribution in [-0.4, -0.2) is 34.6 Å². The van der Waals surface area contributed by atoms with Crippen LogP contribution in [0.5, 0.6) is 0 Å². The lowest BCUT2D eigenvalue weighted by atomic mass is 9.57. The van der Waals surface area contributed by atoms with Crippen LogP contribution in [0.3, 0.4) is 0 Å². The number of hydrogen-bond donors (Lipinski definition) is 2. The van der Waals surface area contributed by atoms with Crippen LogP contribution >= 0.6 is 0 Å². The van der Waals surface area contributed by atoms with Crippen molar-refractivity contribution in [3.63, 3.8) is 0 Å². The molecule has 6 heteroatoms. The maximum Gasteiger partial charge on any atom is 0.320 e. The highest BCUT2D eigenvalue weighted by Gasteiger charge is 2.59. The SMILES string of the molecule is CC1(C)[C@H](NC(=O)Nc2ccnn2C2CCCCC2)[C@H]2CCO[C@H]21. The zero-order valence-electron chi connectivity index (χ0n) is 14.6. The van der Waals surface area contributed by atoms with Gasteiger partial charge >= 0.3 is 6.03 Å². The van der Waals surface area contributed by atoms with Gasteiger partial charge in [-0.25, -0.2) is 9.48 Å².